The van der Waals surface area contributed by atoms with Crippen LogP contribution >= 0.6 is 11.8 Å². The van der Waals surface area contributed by atoms with Crippen molar-refractivity contribution in [2.24, 2.45) is 12.1 Å². The smallest absolute Gasteiger partial charge is 0.271 e. The maximum atomic E-state index is 12.6. The van der Waals surface area contributed by atoms with E-state index in [1.165, 1.54) is 0 Å². The third-order valence-electron chi connectivity index (χ3n) is 6.08. The monoisotopic (exact) mass is 563 g/mol. The lowest BCUT2D eigenvalue weighted by molar-refractivity contribution is 0.0955. The molecule has 1 aromatic heterocycles. The van der Waals surface area contributed by atoms with E-state index in [0.29, 0.717) is 30.3 Å². The number of hydrogen-bond donors (Lipinski definition) is 1. The van der Waals surface area contributed by atoms with Crippen LogP contribution in [0.15, 0.2) is 120 Å². The van der Waals surface area contributed by atoms with Gasteiger partial charge in [0.25, 0.3) is 5.91 Å². The lowest BCUT2D eigenvalue weighted by Gasteiger charge is -2.14. The molecule has 0 aliphatic carbocycles. The number of rotatable bonds is 12. The highest BCUT2D eigenvalue weighted by Crippen LogP contribution is 2.30. The van der Waals surface area contributed by atoms with Gasteiger partial charge in [0.2, 0.25) is 0 Å². The van der Waals surface area contributed by atoms with E-state index in [0.717, 1.165) is 33.2 Å². The summed E-state index contributed by atoms with van der Waals surface area (Å²) in [5.74, 6) is 1.65. The molecule has 0 aliphatic heterocycles. The van der Waals surface area contributed by atoms with Gasteiger partial charge in [-0.2, -0.15) is 5.10 Å². The van der Waals surface area contributed by atoms with Crippen LogP contribution in [0.5, 0.6) is 11.5 Å². The molecule has 5 aromatic rings. The van der Waals surface area contributed by atoms with Crippen molar-refractivity contribution in [3.8, 4) is 11.5 Å². The first kappa shape index (κ1) is 27.7. The molecule has 206 valence electrons. The number of benzene rings is 4. The van der Waals surface area contributed by atoms with Crippen LogP contribution in [0, 0.1) is 0 Å². The van der Waals surface area contributed by atoms with Gasteiger partial charge in [-0.15, -0.1) is 10.2 Å². The molecule has 0 aliphatic rings. The standard InChI is InChI=1S/C32H29N5O3S/c1-37-23-34-36-32(37)41-22-26-12-15-28(16-13-26)31(38)35-33-19-27-14-17-29(39-20-24-8-4-2-5-9-24)30(18-27)40-21-25-10-6-3-7-11-25/h2-19,23H,20-22H2,1H3,(H,35,38). The number of carbonyl (C=O) groups is 1. The Kier molecular flexibility index (Phi) is 9.42. The normalized spacial score (nSPS) is 11.0. The van der Waals surface area contributed by atoms with Crippen LogP contribution in [0.3, 0.4) is 0 Å². The third kappa shape index (κ3) is 8.06. The fourth-order valence-electron chi connectivity index (χ4n) is 3.84. The van der Waals surface area contributed by atoms with Crippen LogP contribution < -0.4 is 14.9 Å². The number of nitrogens with one attached hydrogen (secondary N) is 1. The molecular weight excluding hydrogens is 534 g/mol. The zero-order valence-corrected chi connectivity index (χ0v) is 23.3. The molecule has 1 N–H and O–H groups in total. The third-order valence-corrected chi connectivity index (χ3v) is 7.18. The molecular formula is C32H29N5O3S. The Hall–Kier alpha value is -4.89. The first-order valence-electron chi connectivity index (χ1n) is 13.0. The number of ether oxygens (including phenoxy) is 2. The number of aryl methyl sites for hydroxylation is 1. The average Bonchev–Trinajstić information content (AvgIpc) is 3.44. The number of aromatic nitrogens is 3. The Morgan fingerprint density at radius 2 is 1.51 bits per heavy atom. The van der Waals surface area contributed by atoms with Crippen molar-refractivity contribution in [3.05, 3.63) is 137 Å². The molecule has 0 unspecified atom stereocenters. The summed E-state index contributed by atoms with van der Waals surface area (Å²) in [5, 5.41) is 13.0. The molecule has 0 saturated carbocycles. The summed E-state index contributed by atoms with van der Waals surface area (Å²) in [6, 6.07) is 32.9. The summed E-state index contributed by atoms with van der Waals surface area (Å²) in [6.45, 7) is 0.816. The topological polar surface area (TPSA) is 90.6 Å². The quantitative estimate of drug-likeness (QED) is 0.113. The van der Waals surface area contributed by atoms with Gasteiger partial charge in [-0.25, -0.2) is 5.43 Å². The van der Waals surface area contributed by atoms with Gasteiger partial charge in [0, 0.05) is 18.4 Å². The SMILES string of the molecule is Cn1cnnc1SCc1ccc(C(=O)NN=Cc2ccc(OCc3ccccc3)c(OCc3ccccc3)c2)cc1. The van der Waals surface area contributed by atoms with Crippen LogP contribution in [-0.2, 0) is 26.0 Å². The Labute approximate surface area is 243 Å². The minimum Gasteiger partial charge on any atom is -0.485 e. The molecule has 0 bridgehead atoms. The summed E-state index contributed by atoms with van der Waals surface area (Å²) >= 11 is 1.58. The predicted octanol–water partition coefficient (Wildman–Crippen LogP) is 6.03. The van der Waals surface area contributed by atoms with Crippen LogP contribution in [0.25, 0.3) is 0 Å². The van der Waals surface area contributed by atoms with Crippen molar-refractivity contribution in [1.29, 1.82) is 0 Å². The number of hydrazone groups is 1. The van der Waals surface area contributed by atoms with Crippen molar-refractivity contribution in [1.82, 2.24) is 20.2 Å². The zero-order chi connectivity index (χ0) is 28.3. The molecule has 4 aromatic carbocycles. The van der Waals surface area contributed by atoms with Crippen molar-refractivity contribution in [2.45, 2.75) is 24.1 Å². The maximum Gasteiger partial charge on any atom is 0.271 e. The van der Waals surface area contributed by atoms with E-state index >= 15 is 0 Å². The molecule has 0 radical (unpaired) electrons. The van der Waals surface area contributed by atoms with Gasteiger partial charge in [-0.3, -0.25) is 4.79 Å². The molecule has 0 fully saturated rings. The Morgan fingerprint density at radius 3 is 2.15 bits per heavy atom. The number of amides is 1. The molecule has 5 rings (SSSR count). The van der Waals surface area contributed by atoms with E-state index < -0.39 is 0 Å². The van der Waals surface area contributed by atoms with E-state index in [2.05, 4.69) is 20.7 Å². The number of hydrogen-bond acceptors (Lipinski definition) is 7. The highest BCUT2D eigenvalue weighted by molar-refractivity contribution is 7.98. The molecule has 0 saturated heterocycles. The van der Waals surface area contributed by atoms with Crippen LogP contribution in [-0.4, -0.2) is 26.9 Å². The van der Waals surface area contributed by atoms with Gasteiger partial charge in [-0.1, -0.05) is 84.6 Å². The van der Waals surface area contributed by atoms with Gasteiger partial charge in [0.05, 0.1) is 6.21 Å². The van der Waals surface area contributed by atoms with E-state index in [9.17, 15) is 4.79 Å². The lowest BCUT2D eigenvalue weighted by atomic mass is 10.1. The minimum atomic E-state index is -0.294. The minimum absolute atomic E-state index is 0.294. The van der Waals surface area contributed by atoms with Gasteiger partial charge in [-0.05, 0) is 52.6 Å². The first-order chi connectivity index (χ1) is 20.1. The predicted molar refractivity (Wildman–Crippen MR) is 160 cm³/mol. The second-order valence-electron chi connectivity index (χ2n) is 9.16. The lowest BCUT2D eigenvalue weighted by Crippen LogP contribution is -2.17. The van der Waals surface area contributed by atoms with Crippen LogP contribution in [0.4, 0.5) is 0 Å². The van der Waals surface area contributed by atoms with Crippen molar-refractivity contribution >= 4 is 23.9 Å². The molecule has 9 heteroatoms. The maximum absolute atomic E-state index is 12.6. The second kappa shape index (κ2) is 14.0. The Balaban J connectivity index is 1.20. The summed E-state index contributed by atoms with van der Waals surface area (Å²) in [7, 11) is 1.91. The Bertz CT molecular complexity index is 1590. The van der Waals surface area contributed by atoms with E-state index in [4.69, 9.17) is 9.47 Å². The van der Waals surface area contributed by atoms with Gasteiger partial charge in [0.1, 0.15) is 19.5 Å². The number of nitrogens with zero attached hydrogens (tertiary/aromatic N) is 4. The van der Waals surface area contributed by atoms with Crippen LogP contribution in [0.1, 0.15) is 32.6 Å². The summed E-state index contributed by atoms with van der Waals surface area (Å²) in [6.07, 6.45) is 3.25. The fraction of sp³-hybridized carbons (Fsp3) is 0.125. The van der Waals surface area contributed by atoms with E-state index in [-0.39, 0.29) is 5.91 Å². The molecule has 0 atom stereocenters. The van der Waals surface area contributed by atoms with Gasteiger partial charge < -0.3 is 14.0 Å². The Morgan fingerprint density at radius 1 is 0.854 bits per heavy atom. The fourth-order valence-corrected chi connectivity index (χ4v) is 4.69. The summed E-state index contributed by atoms with van der Waals surface area (Å²) < 4.78 is 14.1. The molecule has 0 spiro atoms. The molecule has 41 heavy (non-hydrogen) atoms. The zero-order valence-electron chi connectivity index (χ0n) is 22.5. The largest absolute Gasteiger partial charge is 0.485 e. The number of thioether (sulfide) groups is 1. The first-order valence-corrected chi connectivity index (χ1v) is 14.0. The highest BCUT2D eigenvalue weighted by Gasteiger charge is 2.09. The highest BCUT2D eigenvalue weighted by atomic mass is 32.2. The van der Waals surface area contributed by atoms with Gasteiger partial charge in [0.15, 0.2) is 16.7 Å². The van der Waals surface area contributed by atoms with E-state index in [1.54, 1.807) is 36.4 Å². The average molecular weight is 564 g/mol. The van der Waals surface area contributed by atoms with Crippen molar-refractivity contribution in [2.75, 3.05) is 0 Å². The molecule has 1 heterocycles. The van der Waals surface area contributed by atoms with E-state index in [1.807, 2.05) is 103 Å². The number of carbonyl (C=O) groups excluding carboxylic acids is 1. The summed E-state index contributed by atoms with van der Waals surface area (Å²) in [5.41, 5.74) is 7.07. The van der Waals surface area contributed by atoms with Crippen molar-refractivity contribution < 1.29 is 14.3 Å². The van der Waals surface area contributed by atoms with Crippen molar-refractivity contribution in [3.63, 3.8) is 0 Å². The van der Waals surface area contributed by atoms with Crippen LogP contribution in [0.2, 0.25) is 0 Å². The van der Waals surface area contributed by atoms with Gasteiger partial charge >= 0.3 is 0 Å². The summed E-state index contributed by atoms with van der Waals surface area (Å²) in [4.78, 5) is 12.6. The molecule has 1 amide bonds. The second-order valence-corrected chi connectivity index (χ2v) is 10.1. The molecule has 8 nitrogen and oxygen atoms in total.